The predicted molar refractivity (Wildman–Crippen MR) is 102 cm³/mol. The lowest BCUT2D eigenvalue weighted by Gasteiger charge is -2.45. The van der Waals surface area contributed by atoms with Crippen molar-refractivity contribution in [2.24, 2.45) is 5.92 Å². The second-order valence-corrected chi connectivity index (χ2v) is 7.43. The minimum atomic E-state index is -0.353. The molecule has 1 aliphatic carbocycles. The summed E-state index contributed by atoms with van der Waals surface area (Å²) in [7, 11) is 0. The molecule has 1 aromatic carbocycles. The third kappa shape index (κ3) is 3.44. The van der Waals surface area contributed by atoms with Crippen molar-refractivity contribution in [3.05, 3.63) is 54.4 Å². The van der Waals surface area contributed by atoms with Crippen LogP contribution in [0.25, 0.3) is 0 Å². The fourth-order valence-electron chi connectivity index (χ4n) is 4.14. The molecule has 0 radical (unpaired) electrons. The van der Waals surface area contributed by atoms with Crippen LogP contribution in [0.1, 0.15) is 37.7 Å². The van der Waals surface area contributed by atoms with E-state index in [1.165, 1.54) is 0 Å². The Labute approximate surface area is 159 Å². The molecule has 1 N–H and O–H groups in total. The van der Waals surface area contributed by atoms with Crippen molar-refractivity contribution in [1.82, 2.24) is 14.9 Å². The van der Waals surface area contributed by atoms with Crippen molar-refractivity contribution in [3.8, 4) is 0 Å². The Kier molecular flexibility index (Phi) is 4.88. The molecule has 4 rings (SSSR count). The number of carbonyl (C=O) groups excluding carboxylic acids is 2. The quantitative estimate of drug-likeness (QED) is 0.905. The highest BCUT2D eigenvalue weighted by Crippen LogP contribution is 2.45. The van der Waals surface area contributed by atoms with Gasteiger partial charge >= 0.3 is 0 Å². The van der Waals surface area contributed by atoms with Crippen LogP contribution in [0, 0.1) is 5.92 Å². The topological polar surface area (TPSA) is 75.2 Å². The smallest absolute Gasteiger partial charge is 0.233 e. The molecule has 1 aromatic heterocycles. The van der Waals surface area contributed by atoms with E-state index in [0.717, 1.165) is 24.8 Å². The monoisotopic (exact) mass is 364 g/mol. The highest BCUT2D eigenvalue weighted by atomic mass is 16.2. The first-order chi connectivity index (χ1) is 13.2. The number of nitrogens with zero attached hydrogens (tertiary/aromatic N) is 3. The van der Waals surface area contributed by atoms with Crippen LogP contribution in [0.5, 0.6) is 0 Å². The van der Waals surface area contributed by atoms with Crippen LogP contribution in [0.4, 0.5) is 5.95 Å². The molecule has 2 aromatic rings. The van der Waals surface area contributed by atoms with Gasteiger partial charge in [-0.3, -0.25) is 14.9 Å². The van der Waals surface area contributed by atoms with Crippen LogP contribution >= 0.6 is 0 Å². The SMILES string of the molecule is O=C(Nc1ncccn1)C1CCN(C(=O)C2(c3ccccc3)CCC2)CC1. The van der Waals surface area contributed by atoms with Gasteiger partial charge in [-0.2, -0.15) is 0 Å². The first-order valence-electron chi connectivity index (χ1n) is 9.62. The van der Waals surface area contributed by atoms with E-state index in [0.29, 0.717) is 31.9 Å². The molecule has 6 heteroatoms. The number of aromatic nitrogens is 2. The van der Waals surface area contributed by atoms with Gasteiger partial charge in [-0.1, -0.05) is 36.8 Å². The van der Waals surface area contributed by atoms with Crippen molar-refractivity contribution in [2.45, 2.75) is 37.5 Å². The van der Waals surface area contributed by atoms with Gasteiger partial charge in [-0.25, -0.2) is 9.97 Å². The van der Waals surface area contributed by atoms with Gasteiger partial charge in [0.15, 0.2) is 0 Å². The number of nitrogens with one attached hydrogen (secondary N) is 1. The molecular weight excluding hydrogens is 340 g/mol. The Morgan fingerprint density at radius 2 is 1.67 bits per heavy atom. The molecule has 140 valence electrons. The van der Waals surface area contributed by atoms with Gasteiger partial charge in [-0.15, -0.1) is 0 Å². The maximum absolute atomic E-state index is 13.3. The molecule has 2 amide bonds. The van der Waals surface area contributed by atoms with Gasteiger partial charge < -0.3 is 4.90 Å². The number of rotatable bonds is 4. The molecule has 0 atom stereocenters. The fourth-order valence-corrected chi connectivity index (χ4v) is 4.14. The average Bonchev–Trinajstić information content (AvgIpc) is 2.69. The first-order valence-corrected chi connectivity index (χ1v) is 9.62. The van der Waals surface area contributed by atoms with E-state index in [1.54, 1.807) is 18.5 Å². The molecule has 2 aliphatic rings. The Bertz CT molecular complexity index is 797. The molecule has 1 saturated carbocycles. The van der Waals surface area contributed by atoms with E-state index in [1.807, 2.05) is 23.1 Å². The van der Waals surface area contributed by atoms with E-state index < -0.39 is 0 Å². The minimum Gasteiger partial charge on any atom is -0.342 e. The number of amides is 2. The highest BCUT2D eigenvalue weighted by Gasteiger charge is 2.48. The van der Waals surface area contributed by atoms with Crippen molar-refractivity contribution in [2.75, 3.05) is 18.4 Å². The van der Waals surface area contributed by atoms with E-state index in [-0.39, 0.29) is 23.1 Å². The van der Waals surface area contributed by atoms with Crippen LogP contribution in [-0.4, -0.2) is 39.8 Å². The highest BCUT2D eigenvalue weighted by molar-refractivity contribution is 5.92. The predicted octanol–water partition coefficient (Wildman–Crippen LogP) is 2.78. The van der Waals surface area contributed by atoms with Gasteiger partial charge in [0.2, 0.25) is 17.8 Å². The first kappa shape index (κ1) is 17.6. The number of hydrogen-bond acceptors (Lipinski definition) is 4. The Morgan fingerprint density at radius 1 is 1.00 bits per heavy atom. The van der Waals surface area contributed by atoms with Crippen LogP contribution in [0.15, 0.2) is 48.8 Å². The standard InChI is InChI=1S/C21H24N4O2/c26-18(24-20-22-12-5-13-23-20)16-8-14-25(15-9-16)19(27)21(10-4-11-21)17-6-2-1-3-7-17/h1-3,5-7,12-13,16H,4,8-11,14-15H2,(H,22,23,24,26). The van der Waals surface area contributed by atoms with Gasteiger partial charge in [0.1, 0.15) is 0 Å². The molecule has 0 spiro atoms. The maximum Gasteiger partial charge on any atom is 0.233 e. The Morgan fingerprint density at radius 3 is 2.26 bits per heavy atom. The summed E-state index contributed by atoms with van der Waals surface area (Å²) in [6, 6.07) is 11.8. The molecule has 27 heavy (non-hydrogen) atoms. The van der Waals surface area contributed by atoms with E-state index in [4.69, 9.17) is 0 Å². The number of hydrogen-bond donors (Lipinski definition) is 1. The van der Waals surface area contributed by atoms with Crippen molar-refractivity contribution >= 4 is 17.8 Å². The summed E-state index contributed by atoms with van der Waals surface area (Å²) in [4.78, 5) is 35.7. The molecule has 1 aliphatic heterocycles. The average molecular weight is 364 g/mol. The summed E-state index contributed by atoms with van der Waals surface area (Å²) in [5.74, 6) is 0.394. The number of carbonyl (C=O) groups is 2. The number of anilines is 1. The van der Waals surface area contributed by atoms with Crippen LogP contribution < -0.4 is 5.32 Å². The lowest BCUT2D eigenvalue weighted by Crippen LogP contribution is -2.53. The molecule has 0 bridgehead atoms. The van der Waals surface area contributed by atoms with E-state index >= 15 is 0 Å². The minimum absolute atomic E-state index is 0.0604. The van der Waals surface area contributed by atoms with Crippen molar-refractivity contribution < 1.29 is 9.59 Å². The lowest BCUT2D eigenvalue weighted by atomic mass is 9.63. The zero-order valence-corrected chi connectivity index (χ0v) is 15.3. The Balaban J connectivity index is 1.37. The molecule has 0 unspecified atom stereocenters. The van der Waals surface area contributed by atoms with Gasteiger partial charge in [0.25, 0.3) is 0 Å². The third-order valence-corrected chi connectivity index (χ3v) is 5.90. The molecule has 1 saturated heterocycles. The molecular formula is C21H24N4O2. The second-order valence-electron chi connectivity index (χ2n) is 7.43. The summed E-state index contributed by atoms with van der Waals surface area (Å²) >= 11 is 0. The summed E-state index contributed by atoms with van der Waals surface area (Å²) in [5, 5.41) is 2.77. The van der Waals surface area contributed by atoms with Gasteiger partial charge in [-0.05, 0) is 37.3 Å². The van der Waals surface area contributed by atoms with Crippen LogP contribution in [0.2, 0.25) is 0 Å². The van der Waals surface area contributed by atoms with E-state index in [2.05, 4.69) is 27.4 Å². The molecule has 2 fully saturated rings. The third-order valence-electron chi connectivity index (χ3n) is 5.90. The lowest BCUT2D eigenvalue weighted by molar-refractivity contribution is -0.143. The number of benzene rings is 1. The Hall–Kier alpha value is -2.76. The normalized spacial score (nSPS) is 19.2. The second kappa shape index (κ2) is 7.47. The summed E-state index contributed by atoms with van der Waals surface area (Å²) in [6.07, 6.45) is 7.49. The molecule has 2 heterocycles. The van der Waals surface area contributed by atoms with Crippen molar-refractivity contribution in [1.29, 1.82) is 0 Å². The summed E-state index contributed by atoms with van der Waals surface area (Å²) in [5.41, 5.74) is 0.774. The zero-order chi connectivity index (χ0) is 18.7. The maximum atomic E-state index is 13.3. The summed E-state index contributed by atoms with van der Waals surface area (Å²) < 4.78 is 0. The fraction of sp³-hybridized carbons (Fsp3) is 0.429. The molecule has 6 nitrogen and oxygen atoms in total. The van der Waals surface area contributed by atoms with Gasteiger partial charge in [0.05, 0.1) is 5.41 Å². The summed E-state index contributed by atoms with van der Waals surface area (Å²) in [6.45, 7) is 1.25. The number of likely N-dealkylation sites (tertiary alicyclic amines) is 1. The van der Waals surface area contributed by atoms with Crippen LogP contribution in [-0.2, 0) is 15.0 Å². The largest absolute Gasteiger partial charge is 0.342 e. The van der Waals surface area contributed by atoms with Crippen LogP contribution in [0.3, 0.4) is 0 Å². The van der Waals surface area contributed by atoms with Gasteiger partial charge in [0, 0.05) is 31.4 Å². The number of piperidine rings is 1. The van der Waals surface area contributed by atoms with Crippen molar-refractivity contribution in [3.63, 3.8) is 0 Å². The van der Waals surface area contributed by atoms with E-state index in [9.17, 15) is 9.59 Å². The zero-order valence-electron chi connectivity index (χ0n) is 15.3.